The van der Waals surface area contributed by atoms with Crippen LogP contribution in [0.15, 0.2) is 23.1 Å². The van der Waals surface area contributed by atoms with E-state index >= 15 is 0 Å². The number of hydrogen-bond donors (Lipinski definition) is 2. The SMILES string of the molecule is Nc1cccc(S(=O)(=O)NCCC(F)(F)F)c1[N+](=O)[O-]. The maximum absolute atomic E-state index is 11.9. The Bertz CT molecular complexity index is 615. The number of anilines is 1. The molecule has 0 atom stereocenters. The number of alkyl halides is 3. The number of nitro groups is 1. The molecule has 0 bridgehead atoms. The minimum absolute atomic E-state index is 0.395. The van der Waals surface area contributed by atoms with Crippen LogP contribution in [0.1, 0.15) is 6.42 Å². The second-order valence-electron chi connectivity index (χ2n) is 3.71. The average Bonchev–Trinajstić information content (AvgIpc) is 2.25. The van der Waals surface area contributed by atoms with Crippen LogP contribution in [0.25, 0.3) is 0 Å². The zero-order valence-electron chi connectivity index (χ0n) is 9.85. The summed E-state index contributed by atoms with van der Waals surface area (Å²) in [7, 11) is -4.45. The molecule has 0 aromatic heterocycles. The van der Waals surface area contributed by atoms with E-state index in [0.717, 1.165) is 18.2 Å². The summed E-state index contributed by atoms with van der Waals surface area (Å²) in [5, 5.41) is 10.8. The molecule has 7 nitrogen and oxygen atoms in total. The predicted molar refractivity (Wildman–Crippen MR) is 63.4 cm³/mol. The topological polar surface area (TPSA) is 115 Å². The molecule has 0 heterocycles. The highest BCUT2D eigenvalue weighted by molar-refractivity contribution is 7.89. The standard InChI is InChI=1S/C9H10F3N3O4S/c10-9(11,12)4-5-14-20(18,19)7-3-1-2-6(13)8(7)15(16)17/h1-3,14H,4-5,13H2. The minimum Gasteiger partial charge on any atom is -0.393 e. The number of nitrogens with one attached hydrogen (secondary N) is 1. The van der Waals surface area contributed by atoms with Crippen molar-refractivity contribution in [3.05, 3.63) is 28.3 Å². The first-order valence-corrected chi connectivity index (χ1v) is 6.62. The number of nitrogen functional groups attached to an aromatic ring is 1. The molecule has 1 aromatic carbocycles. The monoisotopic (exact) mass is 313 g/mol. The molecule has 0 fully saturated rings. The van der Waals surface area contributed by atoms with Crippen LogP contribution in [0.5, 0.6) is 0 Å². The second kappa shape index (κ2) is 5.63. The number of halogens is 3. The maximum atomic E-state index is 11.9. The molecule has 1 aromatic rings. The minimum atomic E-state index is -4.54. The van der Waals surface area contributed by atoms with E-state index in [1.165, 1.54) is 0 Å². The number of rotatable bonds is 5. The van der Waals surface area contributed by atoms with Gasteiger partial charge in [-0.1, -0.05) is 6.07 Å². The van der Waals surface area contributed by atoms with E-state index in [2.05, 4.69) is 0 Å². The van der Waals surface area contributed by atoms with Crippen molar-refractivity contribution in [2.75, 3.05) is 12.3 Å². The number of nitro benzene ring substituents is 1. The first kappa shape index (κ1) is 16.2. The van der Waals surface area contributed by atoms with Gasteiger partial charge in [-0.3, -0.25) is 10.1 Å². The van der Waals surface area contributed by atoms with Crippen molar-refractivity contribution in [1.29, 1.82) is 0 Å². The van der Waals surface area contributed by atoms with Crippen molar-refractivity contribution in [2.45, 2.75) is 17.5 Å². The fourth-order valence-electron chi connectivity index (χ4n) is 1.36. The summed E-state index contributed by atoms with van der Waals surface area (Å²) in [6.45, 7) is -0.919. The van der Waals surface area contributed by atoms with Crippen LogP contribution in [0.2, 0.25) is 0 Å². The van der Waals surface area contributed by atoms with Gasteiger partial charge in [-0.15, -0.1) is 0 Å². The Balaban J connectivity index is 3.05. The summed E-state index contributed by atoms with van der Waals surface area (Å²) in [4.78, 5) is 9.00. The van der Waals surface area contributed by atoms with Crippen LogP contribution >= 0.6 is 0 Å². The molecule has 0 aliphatic carbocycles. The van der Waals surface area contributed by atoms with E-state index in [4.69, 9.17) is 5.73 Å². The Morgan fingerprint density at radius 1 is 1.35 bits per heavy atom. The molecule has 3 N–H and O–H groups in total. The van der Waals surface area contributed by atoms with E-state index in [0.29, 0.717) is 0 Å². The van der Waals surface area contributed by atoms with Crippen molar-refractivity contribution in [1.82, 2.24) is 4.72 Å². The summed E-state index contributed by atoms with van der Waals surface area (Å²) in [5.41, 5.74) is 4.04. The highest BCUT2D eigenvalue weighted by atomic mass is 32.2. The van der Waals surface area contributed by atoms with Crippen molar-refractivity contribution in [3.63, 3.8) is 0 Å². The van der Waals surface area contributed by atoms with Crippen LogP contribution in [-0.2, 0) is 10.0 Å². The van der Waals surface area contributed by atoms with Gasteiger partial charge in [0.25, 0.3) is 0 Å². The van der Waals surface area contributed by atoms with Crippen molar-refractivity contribution in [3.8, 4) is 0 Å². The van der Waals surface area contributed by atoms with Crippen LogP contribution in [-0.4, -0.2) is 26.1 Å². The molecule has 0 radical (unpaired) electrons. The maximum Gasteiger partial charge on any atom is 0.390 e. The number of para-hydroxylation sites is 1. The summed E-state index contributed by atoms with van der Waals surface area (Å²) in [6.07, 6.45) is -5.92. The molecular formula is C9H10F3N3O4S. The van der Waals surface area contributed by atoms with Crippen molar-refractivity contribution >= 4 is 21.4 Å². The quantitative estimate of drug-likeness (QED) is 0.484. The molecular weight excluding hydrogens is 303 g/mol. The molecule has 20 heavy (non-hydrogen) atoms. The molecule has 1 rings (SSSR count). The lowest BCUT2D eigenvalue weighted by atomic mass is 10.3. The van der Waals surface area contributed by atoms with E-state index in [1.54, 1.807) is 4.72 Å². The molecule has 0 amide bonds. The third kappa shape index (κ3) is 4.06. The average molecular weight is 313 g/mol. The van der Waals surface area contributed by atoms with Gasteiger partial charge in [0.15, 0.2) is 4.90 Å². The molecule has 0 unspecified atom stereocenters. The van der Waals surface area contributed by atoms with Gasteiger partial charge in [0.2, 0.25) is 10.0 Å². The van der Waals surface area contributed by atoms with Gasteiger partial charge < -0.3 is 5.73 Å². The third-order valence-electron chi connectivity index (χ3n) is 2.20. The summed E-state index contributed by atoms with van der Waals surface area (Å²) < 4.78 is 61.0. The lowest BCUT2D eigenvalue weighted by Crippen LogP contribution is -2.28. The summed E-state index contributed by atoms with van der Waals surface area (Å²) in [6, 6.07) is 3.16. The van der Waals surface area contributed by atoms with Crippen LogP contribution < -0.4 is 10.5 Å². The van der Waals surface area contributed by atoms with Crippen LogP contribution in [0, 0.1) is 10.1 Å². The Morgan fingerprint density at radius 2 is 1.95 bits per heavy atom. The van der Waals surface area contributed by atoms with Gasteiger partial charge >= 0.3 is 11.9 Å². The number of sulfonamides is 1. The predicted octanol–water partition coefficient (Wildman–Crippen LogP) is 1.41. The van der Waals surface area contributed by atoms with Gasteiger partial charge in [0, 0.05) is 6.54 Å². The lowest BCUT2D eigenvalue weighted by Gasteiger charge is -2.09. The fraction of sp³-hybridized carbons (Fsp3) is 0.333. The number of nitrogens with two attached hydrogens (primary N) is 1. The Kier molecular flexibility index (Phi) is 4.55. The number of benzene rings is 1. The van der Waals surface area contributed by atoms with E-state index in [1.807, 2.05) is 0 Å². The summed E-state index contributed by atoms with van der Waals surface area (Å²) >= 11 is 0. The summed E-state index contributed by atoms with van der Waals surface area (Å²) in [5.74, 6) is 0. The number of hydrogen-bond acceptors (Lipinski definition) is 5. The highest BCUT2D eigenvalue weighted by Crippen LogP contribution is 2.29. The third-order valence-corrected chi connectivity index (χ3v) is 3.70. The van der Waals surface area contributed by atoms with Crippen molar-refractivity contribution < 1.29 is 26.5 Å². The first-order chi connectivity index (χ1) is 9.04. The van der Waals surface area contributed by atoms with Gasteiger partial charge in [0.1, 0.15) is 5.69 Å². The van der Waals surface area contributed by atoms with Crippen molar-refractivity contribution in [2.24, 2.45) is 0 Å². The Morgan fingerprint density at radius 3 is 2.45 bits per heavy atom. The largest absolute Gasteiger partial charge is 0.393 e. The lowest BCUT2D eigenvalue weighted by molar-refractivity contribution is -0.386. The highest BCUT2D eigenvalue weighted by Gasteiger charge is 2.30. The molecule has 11 heteroatoms. The molecule has 112 valence electrons. The Hall–Kier alpha value is -1.88. The molecule has 0 spiro atoms. The van der Waals surface area contributed by atoms with E-state index < -0.39 is 50.4 Å². The molecule has 0 saturated heterocycles. The number of nitrogens with zero attached hydrogens (tertiary/aromatic N) is 1. The normalized spacial score (nSPS) is 12.3. The first-order valence-electron chi connectivity index (χ1n) is 5.14. The van der Waals surface area contributed by atoms with Crippen LogP contribution in [0.3, 0.4) is 0 Å². The fourth-order valence-corrected chi connectivity index (χ4v) is 2.59. The van der Waals surface area contributed by atoms with E-state index in [-0.39, 0.29) is 0 Å². The molecule has 0 aliphatic rings. The molecule has 0 aliphatic heterocycles. The second-order valence-corrected chi connectivity index (χ2v) is 5.45. The smallest absolute Gasteiger partial charge is 0.390 e. The van der Waals surface area contributed by atoms with Gasteiger partial charge in [0.05, 0.1) is 11.3 Å². The Labute approximate surface area is 111 Å². The molecule has 0 saturated carbocycles. The van der Waals surface area contributed by atoms with Gasteiger partial charge in [-0.2, -0.15) is 13.2 Å². The van der Waals surface area contributed by atoms with Crippen LogP contribution in [0.4, 0.5) is 24.5 Å². The van der Waals surface area contributed by atoms with E-state index in [9.17, 15) is 31.7 Å². The zero-order chi connectivity index (χ0) is 15.6. The van der Waals surface area contributed by atoms with Gasteiger partial charge in [-0.05, 0) is 12.1 Å². The zero-order valence-corrected chi connectivity index (χ0v) is 10.7. The van der Waals surface area contributed by atoms with Gasteiger partial charge in [-0.25, -0.2) is 13.1 Å².